The fourth-order valence-electron chi connectivity index (χ4n) is 6.08. The number of rotatable bonds is 6. The second-order valence-electron chi connectivity index (χ2n) is 11.3. The molecular formula is C32H36Cl2N4O6. The number of aromatic amines is 2. The minimum absolute atomic E-state index is 0.0300. The molecule has 6 rings (SSSR count). The highest BCUT2D eigenvalue weighted by atomic mass is 35.5. The normalized spacial score (nSPS) is 21.8. The molecule has 2 aliphatic heterocycles. The Hall–Kier alpha value is -3.73. The lowest BCUT2D eigenvalue weighted by Crippen LogP contribution is -2.46. The van der Waals surface area contributed by atoms with Crippen LogP contribution in [0.3, 0.4) is 0 Å². The number of amides is 1. The minimum Gasteiger partial charge on any atom is -0.453 e. The molecule has 0 spiro atoms. The number of H-pyrrole nitrogens is 2. The summed E-state index contributed by atoms with van der Waals surface area (Å²) in [4.78, 5) is 36.3. The fourth-order valence-corrected chi connectivity index (χ4v) is 6.33. The number of likely N-dealkylation sites (tertiary alicyclic amines) is 1. The molecular weight excluding hydrogens is 607 g/mol. The maximum Gasteiger partial charge on any atom is 0.409 e. The number of piperidine rings is 2. The summed E-state index contributed by atoms with van der Waals surface area (Å²) in [6, 6.07) is 19.0. The molecule has 2 aromatic heterocycles. The zero-order valence-electron chi connectivity index (χ0n) is 24.4. The molecule has 0 radical (unpaired) electrons. The van der Waals surface area contributed by atoms with Crippen molar-refractivity contribution in [1.29, 1.82) is 0 Å². The lowest BCUT2D eigenvalue weighted by atomic mass is 9.86. The van der Waals surface area contributed by atoms with Gasteiger partial charge in [-0.3, -0.25) is 9.59 Å². The van der Waals surface area contributed by atoms with Gasteiger partial charge in [-0.15, -0.1) is 0 Å². The Bertz CT molecular complexity index is 1610. The van der Waals surface area contributed by atoms with Crippen molar-refractivity contribution >= 4 is 29.3 Å². The van der Waals surface area contributed by atoms with Crippen molar-refractivity contribution in [3.05, 3.63) is 114 Å². The van der Waals surface area contributed by atoms with Crippen LogP contribution in [0.25, 0.3) is 0 Å². The highest BCUT2D eigenvalue weighted by Crippen LogP contribution is 2.33. The number of nitrogens with zero attached hydrogens (tertiary/aromatic N) is 1. The molecule has 4 heterocycles. The van der Waals surface area contributed by atoms with Crippen LogP contribution in [-0.4, -0.2) is 53.6 Å². The van der Waals surface area contributed by atoms with E-state index in [0.717, 1.165) is 48.6 Å². The van der Waals surface area contributed by atoms with Crippen LogP contribution in [0, 0.1) is 0 Å². The Balaban J connectivity index is 0.000000177. The number of ether oxygens (including phenoxy) is 1. The van der Waals surface area contributed by atoms with Gasteiger partial charge in [-0.1, -0.05) is 47.5 Å². The Labute approximate surface area is 264 Å². The molecule has 10 nitrogen and oxygen atoms in total. The van der Waals surface area contributed by atoms with E-state index >= 15 is 0 Å². The number of nitrogens with one attached hydrogen (secondary N) is 3. The average Bonchev–Trinajstić information content (AvgIpc) is 3.68. The molecule has 234 valence electrons. The van der Waals surface area contributed by atoms with E-state index in [0.29, 0.717) is 42.1 Å². The summed E-state index contributed by atoms with van der Waals surface area (Å²) >= 11 is 11.8. The van der Waals surface area contributed by atoms with Crippen molar-refractivity contribution in [2.45, 2.75) is 62.4 Å². The quantitative estimate of drug-likeness (QED) is 0.239. The molecule has 4 aromatic rings. The Morgan fingerprint density at radius 2 is 1.39 bits per heavy atom. The summed E-state index contributed by atoms with van der Waals surface area (Å²) in [7, 11) is 1.39. The second kappa shape index (κ2) is 14.8. The maximum absolute atomic E-state index is 12.1. The van der Waals surface area contributed by atoms with Gasteiger partial charge in [-0.25, -0.2) is 4.79 Å². The average molecular weight is 644 g/mol. The van der Waals surface area contributed by atoms with Gasteiger partial charge >= 0.3 is 6.09 Å². The molecule has 0 bridgehead atoms. The molecule has 2 unspecified atom stereocenters. The maximum atomic E-state index is 12.1. The van der Waals surface area contributed by atoms with Crippen LogP contribution in [0.15, 0.2) is 79.3 Å². The van der Waals surface area contributed by atoms with Crippen LogP contribution in [0.2, 0.25) is 10.0 Å². The first kappa shape index (κ1) is 31.7. The van der Waals surface area contributed by atoms with Gasteiger partial charge in [0.25, 0.3) is 11.1 Å². The molecule has 2 aromatic carbocycles. The molecule has 2 fully saturated rings. The highest BCUT2D eigenvalue weighted by molar-refractivity contribution is 6.30. The zero-order chi connectivity index (χ0) is 31.1. The van der Waals surface area contributed by atoms with E-state index in [2.05, 4.69) is 27.8 Å². The summed E-state index contributed by atoms with van der Waals surface area (Å²) in [6.07, 6.45) is 4.73. The number of methoxy groups -OCH3 is 1. The van der Waals surface area contributed by atoms with E-state index in [-0.39, 0.29) is 29.2 Å². The SMILES string of the molecule is COC(=O)N1CCC(c2cc(=O)[nH]o2)CC1Cc1ccc(Cl)cc1.O=c1cc([C@H]2CCN[C@H](Cc3ccc(Cl)cc3)C2)o[nH]1. The Morgan fingerprint density at radius 3 is 1.91 bits per heavy atom. The molecule has 3 N–H and O–H groups in total. The molecule has 44 heavy (non-hydrogen) atoms. The van der Waals surface area contributed by atoms with E-state index in [4.69, 9.17) is 37.0 Å². The predicted molar refractivity (Wildman–Crippen MR) is 168 cm³/mol. The third-order valence-corrected chi connectivity index (χ3v) is 8.79. The number of aromatic nitrogens is 2. The number of halogens is 2. The first-order chi connectivity index (χ1) is 21.3. The molecule has 0 aliphatic carbocycles. The topological polar surface area (TPSA) is 134 Å². The zero-order valence-corrected chi connectivity index (χ0v) is 25.9. The van der Waals surface area contributed by atoms with E-state index in [1.54, 1.807) is 11.0 Å². The van der Waals surface area contributed by atoms with Crippen LogP contribution in [-0.2, 0) is 17.6 Å². The second-order valence-corrected chi connectivity index (χ2v) is 12.2. The summed E-state index contributed by atoms with van der Waals surface area (Å²) in [6.45, 7) is 1.50. The van der Waals surface area contributed by atoms with Gasteiger partial charge < -0.3 is 24.0 Å². The smallest absolute Gasteiger partial charge is 0.409 e. The van der Waals surface area contributed by atoms with Crippen molar-refractivity contribution in [1.82, 2.24) is 20.5 Å². The van der Waals surface area contributed by atoms with Gasteiger partial charge in [0.1, 0.15) is 11.5 Å². The van der Waals surface area contributed by atoms with Crippen molar-refractivity contribution in [2.75, 3.05) is 20.2 Å². The minimum atomic E-state index is -0.331. The first-order valence-corrected chi connectivity index (χ1v) is 15.5. The van der Waals surface area contributed by atoms with Crippen LogP contribution >= 0.6 is 23.2 Å². The highest BCUT2D eigenvalue weighted by Gasteiger charge is 2.34. The monoisotopic (exact) mass is 642 g/mol. The van der Waals surface area contributed by atoms with E-state index in [1.165, 1.54) is 18.7 Å². The number of carbonyl (C=O) groups excluding carboxylic acids is 1. The van der Waals surface area contributed by atoms with Crippen molar-refractivity contribution in [3.8, 4) is 0 Å². The molecule has 12 heteroatoms. The standard InChI is InChI=1S/C17H19ClN2O4.C15H17ClN2O2/c1-23-17(22)20-7-6-12(15-10-16(21)19-24-15)9-14(20)8-11-2-4-13(18)5-3-11;16-12-3-1-10(2-4-12)7-13-8-11(5-6-17-13)14-9-15(19)18-20-14/h2-5,10,12,14H,6-9H2,1H3,(H,19,21);1-4,9,11,13,17H,5-8H2,(H,18,19)/t;11-,13+/m.0/s1. The molecule has 2 aliphatic rings. The van der Waals surface area contributed by atoms with Gasteiger partial charge in [0, 0.05) is 52.6 Å². The van der Waals surface area contributed by atoms with Crippen molar-refractivity contribution in [3.63, 3.8) is 0 Å². The number of hydrogen-bond donors (Lipinski definition) is 3. The van der Waals surface area contributed by atoms with E-state index in [9.17, 15) is 14.4 Å². The van der Waals surface area contributed by atoms with Gasteiger partial charge in [-0.2, -0.15) is 10.3 Å². The fraction of sp³-hybridized carbons (Fsp3) is 0.406. The van der Waals surface area contributed by atoms with E-state index in [1.807, 2.05) is 36.4 Å². The summed E-state index contributed by atoms with van der Waals surface area (Å²) < 4.78 is 15.4. The number of hydrogen-bond acceptors (Lipinski definition) is 7. The lowest BCUT2D eigenvalue weighted by molar-refractivity contribution is 0.0817. The Kier molecular flexibility index (Phi) is 10.7. The molecule has 4 atom stereocenters. The van der Waals surface area contributed by atoms with Crippen LogP contribution < -0.4 is 16.4 Å². The Morgan fingerprint density at radius 1 is 0.841 bits per heavy atom. The van der Waals surface area contributed by atoms with E-state index < -0.39 is 0 Å². The predicted octanol–water partition coefficient (Wildman–Crippen LogP) is 5.88. The van der Waals surface area contributed by atoms with Gasteiger partial charge in [-0.05, 0) is 80.5 Å². The summed E-state index contributed by atoms with van der Waals surface area (Å²) in [5.74, 6) is 1.83. The van der Waals surface area contributed by atoms with Crippen LogP contribution in [0.5, 0.6) is 0 Å². The molecule has 2 saturated heterocycles. The van der Waals surface area contributed by atoms with Crippen LogP contribution in [0.1, 0.15) is 60.2 Å². The third-order valence-electron chi connectivity index (χ3n) is 8.29. The molecule has 1 amide bonds. The largest absolute Gasteiger partial charge is 0.453 e. The lowest BCUT2D eigenvalue weighted by Gasteiger charge is -2.38. The van der Waals surface area contributed by atoms with Crippen molar-refractivity contribution in [2.24, 2.45) is 0 Å². The van der Waals surface area contributed by atoms with Crippen molar-refractivity contribution < 1.29 is 18.6 Å². The number of benzene rings is 2. The third kappa shape index (κ3) is 8.46. The molecule has 0 saturated carbocycles. The summed E-state index contributed by atoms with van der Waals surface area (Å²) in [5.41, 5.74) is 1.96. The number of carbonyl (C=O) groups is 1. The van der Waals surface area contributed by atoms with Gasteiger partial charge in [0.15, 0.2) is 0 Å². The van der Waals surface area contributed by atoms with Gasteiger partial charge in [0.05, 0.1) is 7.11 Å². The summed E-state index contributed by atoms with van der Waals surface area (Å²) in [5, 5.41) is 9.67. The van der Waals surface area contributed by atoms with Gasteiger partial charge in [0.2, 0.25) is 0 Å². The van der Waals surface area contributed by atoms with Crippen LogP contribution in [0.4, 0.5) is 4.79 Å². The first-order valence-electron chi connectivity index (χ1n) is 14.7.